The van der Waals surface area contributed by atoms with Crippen molar-refractivity contribution in [3.8, 4) is 6.07 Å². The summed E-state index contributed by atoms with van der Waals surface area (Å²) in [5.41, 5.74) is -0.154. The van der Waals surface area contributed by atoms with Gasteiger partial charge in [-0.2, -0.15) is 9.64 Å². The smallest absolute Gasteiger partial charge is 0.162 e. The molecule has 0 aliphatic rings. The van der Waals surface area contributed by atoms with Gasteiger partial charge in [0.2, 0.25) is 0 Å². The molecule has 0 spiro atoms. The summed E-state index contributed by atoms with van der Waals surface area (Å²) < 4.78 is 3.89. The molecule has 20 heavy (non-hydrogen) atoms. The minimum absolute atomic E-state index is 0.169. The van der Waals surface area contributed by atoms with E-state index in [0.29, 0.717) is 21.2 Å². The third-order valence-corrected chi connectivity index (χ3v) is 4.22. The minimum atomic E-state index is -1.13. The van der Waals surface area contributed by atoms with Crippen LogP contribution in [-0.4, -0.2) is 16.0 Å². The zero-order valence-electron chi connectivity index (χ0n) is 10.5. The molecule has 0 amide bonds. The number of rotatable bonds is 4. The second-order valence-electron chi connectivity index (χ2n) is 4.43. The van der Waals surface area contributed by atoms with Crippen LogP contribution in [0.15, 0.2) is 24.3 Å². The van der Waals surface area contributed by atoms with E-state index in [1.807, 2.05) is 6.07 Å². The van der Waals surface area contributed by atoms with Crippen LogP contribution in [0.1, 0.15) is 18.1 Å². The maximum absolute atomic E-state index is 10.5. The lowest BCUT2D eigenvalue weighted by Gasteiger charge is -2.24. The topological polar surface area (TPSA) is 68.9 Å². The molecule has 4 nitrogen and oxygen atoms in total. The van der Waals surface area contributed by atoms with Crippen LogP contribution in [0.3, 0.4) is 0 Å². The van der Waals surface area contributed by atoms with E-state index >= 15 is 0 Å². The van der Waals surface area contributed by atoms with Crippen molar-refractivity contribution >= 4 is 39.7 Å². The molecule has 0 radical (unpaired) electrons. The molecule has 0 saturated carbocycles. The van der Waals surface area contributed by atoms with Crippen molar-refractivity contribution in [2.24, 2.45) is 0 Å². The normalized spacial score (nSPS) is 13.6. The van der Waals surface area contributed by atoms with Gasteiger partial charge in [0.1, 0.15) is 22.2 Å². The second-order valence-corrected chi connectivity index (χ2v) is 5.99. The molecule has 0 saturated heterocycles. The molecular weight excluding hydrogens is 317 g/mol. The SMILES string of the molecule is CC(O)(CNc1snc(Cl)c1C#N)c1cccc(Cl)c1. The third kappa shape index (κ3) is 3.22. The first kappa shape index (κ1) is 15.1. The number of nitrogens with zero attached hydrogens (tertiary/aromatic N) is 2. The fraction of sp³-hybridized carbons (Fsp3) is 0.231. The van der Waals surface area contributed by atoms with Crippen molar-refractivity contribution < 1.29 is 5.11 Å². The molecule has 1 aromatic carbocycles. The Hall–Kier alpha value is -1.32. The zero-order chi connectivity index (χ0) is 14.8. The predicted molar refractivity (Wildman–Crippen MR) is 81.4 cm³/mol. The average Bonchev–Trinajstić information content (AvgIpc) is 2.77. The van der Waals surface area contributed by atoms with Crippen molar-refractivity contribution in [1.29, 1.82) is 5.26 Å². The lowest BCUT2D eigenvalue weighted by atomic mass is 9.96. The molecule has 1 atom stereocenters. The summed E-state index contributed by atoms with van der Waals surface area (Å²) in [5, 5.41) is 23.7. The van der Waals surface area contributed by atoms with Crippen molar-refractivity contribution in [3.05, 3.63) is 45.6 Å². The summed E-state index contributed by atoms with van der Waals surface area (Å²) in [6.45, 7) is 1.88. The zero-order valence-corrected chi connectivity index (χ0v) is 12.9. The van der Waals surface area contributed by atoms with Crippen LogP contribution >= 0.6 is 34.7 Å². The van der Waals surface area contributed by atoms with Gasteiger partial charge in [-0.1, -0.05) is 35.3 Å². The Kier molecular flexibility index (Phi) is 4.51. The summed E-state index contributed by atoms with van der Waals surface area (Å²) in [7, 11) is 0. The van der Waals surface area contributed by atoms with Crippen LogP contribution < -0.4 is 5.32 Å². The molecule has 1 heterocycles. The van der Waals surface area contributed by atoms with Crippen molar-refractivity contribution in [2.45, 2.75) is 12.5 Å². The first-order chi connectivity index (χ1) is 9.44. The lowest BCUT2D eigenvalue weighted by molar-refractivity contribution is 0.0716. The number of anilines is 1. The van der Waals surface area contributed by atoms with Crippen LogP contribution in [0.2, 0.25) is 10.2 Å². The van der Waals surface area contributed by atoms with Gasteiger partial charge >= 0.3 is 0 Å². The summed E-state index contributed by atoms with van der Waals surface area (Å²) in [4.78, 5) is 0. The molecule has 7 heteroatoms. The van der Waals surface area contributed by atoms with Crippen molar-refractivity contribution in [3.63, 3.8) is 0 Å². The first-order valence-electron chi connectivity index (χ1n) is 5.71. The molecule has 1 aromatic heterocycles. The van der Waals surface area contributed by atoms with Gasteiger partial charge in [-0.05, 0) is 36.2 Å². The molecule has 2 rings (SSSR count). The van der Waals surface area contributed by atoms with Crippen LogP contribution in [0.25, 0.3) is 0 Å². The highest BCUT2D eigenvalue weighted by atomic mass is 35.5. The number of benzene rings is 1. The number of halogens is 2. The van der Waals surface area contributed by atoms with Gasteiger partial charge < -0.3 is 10.4 Å². The van der Waals surface area contributed by atoms with Crippen LogP contribution in [-0.2, 0) is 5.60 Å². The number of hydrogen-bond acceptors (Lipinski definition) is 5. The van der Waals surface area contributed by atoms with E-state index in [1.54, 1.807) is 31.2 Å². The lowest BCUT2D eigenvalue weighted by Crippen LogP contribution is -2.30. The number of nitrogens with one attached hydrogen (secondary N) is 1. The maximum Gasteiger partial charge on any atom is 0.162 e. The molecular formula is C13H11Cl2N3OS. The van der Waals surface area contributed by atoms with Gasteiger partial charge in [-0.3, -0.25) is 0 Å². The summed E-state index contributed by atoms with van der Waals surface area (Å²) in [5.74, 6) is 0. The van der Waals surface area contributed by atoms with E-state index in [0.717, 1.165) is 11.5 Å². The monoisotopic (exact) mass is 327 g/mol. The standard InChI is InChI=1S/C13H11Cl2N3OS/c1-13(19,8-3-2-4-9(14)5-8)7-17-12-10(6-16)11(15)18-20-12/h2-5,17,19H,7H2,1H3. The molecule has 0 bridgehead atoms. The highest BCUT2D eigenvalue weighted by Crippen LogP contribution is 2.29. The Morgan fingerprint density at radius 2 is 2.25 bits per heavy atom. The Labute approximate surface area is 130 Å². The van der Waals surface area contributed by atoms with E-state index in [2.05, 4.69) is 9.69 Å². The quantitative estimate of drug-likeness (QED) is 0.899. The number of aromatic nitrogens is 1. The summed E-state index contributed by atoms with van der Waals surface area (Å²) in [6, 6.07) is 8.99. The van der Waals surface area contributed by atoms with Crippen LogP contribution in [0.4, 0.5) is 5.00 Å². The molecule has 1 unspecified atom stereocenters. The molecule has 0 aliphatic carbocycles. The highest BCUT2D eigenvalue weighted by Gasteiger charge is 2.24. The Morgan fingerprint density at radius 3 is 2.90 bits per heavy atom. The largest absolute Gasteiger partial charge is 0.384 e. The van der Waals surface area contributed by atoms with Crippen molar-refractivity contribution in [2.75, 3.05) is 11.9 Å². The van der Waals surface area contributed by atoms with E-state index in [9.17, 15) is 5.11 Å². The van der Waals surface area contributed by atoms with Crippen molar-refractivity contribution in [1.82, 2.24) is 4.37 Å². The first-order valence-corrected chi connectivity index (χ1v) is 7.24. The van der Waals surface area contributed by atoms with Crippen LogP contribution in [0, 0.1) is 11.3 Å². The Balaban J connectivity index is 2.15. The average molecular weight is 328 g/mol. The Bertz CT molecular complexity index is 664. The molecule has 104 valence electrons. The summed E-state index contributed by atoms with van der Waals surface area (Å²) in [6.07, 6.45) is 0. The van der Waals surface area contributed by atoms with E-state index in [4.69, 9.17) is 28.5 Å². The predicted octanol–water partition coefficient (Wildman–Crippen LogP) is 3.64. The third-order valence-electron chi connectivity index (χ3n) is 2.80. The van der Waals surface area contributed by atoms with E-state index < -0.39 is 5.60 Å². The van der Waals surface area contributed by atoms with E-state index in [-0.39, 0.29) is 11.7 Å². The van der Waals surface area contributed by atoms with Crippen LogP contribution in [0.5, 0.6) is 0 Å². The van der Waals surface area contributed by atoms with Gasteiger partial charge in [-0.25, -0.2) is 0 Å². The molecule has 0 fully saturated rings. The molecule has 2 N–H and O–H groups in total. The summed E-state index contributed by atoms with van der Waals surface area (Å²) >= 11 is 12.8. The number of nitriles is 1. The fourth-order valence-electron chi connectivity index (χ4n) is 1.67. The van der Waals surface area contributed by atoms with Gasteiger partial charge in [0.05, 0.1) is 0 Å². The fourth-order valence-corrected chi connectivity index (χ4v) is 2.79. The van der Waals surface area contributed by atoms with Gasteiger partial charge in [0, 0.05) is 11.6 Å². The molecule has 0 aliphatic heterocycles. The number of aliphatic hydroxyl groups is 1. The second kappa shape index (κ2) is 5.98. The molecule has 2 aromatic rings. The Morgan fingerprint density at radius 1 is 1.50 bits per heavy atom. The highest BCUT2D eigenvalue weighted by molar-refractivity contribution is 7.10. The van der Waals surface area contributed by atoms with Gasteiger partial charge in [-0.15, -0.1) is 0 Å². The minimum Gasteiger partial charge on any atom is -0.384 e. The number of hydrogen-bond donors (Lipinski definition) is 2. The van der Waals surface area contributed by atoms with Gasteiger partial charge in [0.25, 0.3) is 0 Å². The maximum atomic E-state index is 10.5. The van der Waals surface area contributed by atoms with E-state index in [1.165, 1.54) is 0 Å². The van der Waals surface area contributed by atoms with Gasteiger partial charge in [0.15, 0.2) is 5.15 Å².